The van der Waals surface area contributed by atoms with E-state index in [1.54, 1.807) is 13.8 Å². The van der Waals surface area contributed by atoms with Gasteiger partial charge in [0, 0.05) is 12.2 Å². The van der Waals surface area contributed by atoms with Crippen molar-refractivity contribution in [3.63, 3.8) is 0 Å². The lowest BCUT2D eigenvalue weighted by molar-refractivity contribution is 0.256. The molecular weight excluding hydrogens is 274 g/mol. The number of hydrogen-bond acceptors (Lipinski definition) is 4. The second-order valence-corrected chi connectivity index (χ2v) is 7.87. The first-order valence-corrected chi connectivity index (χ1v) is 8.78. The molecule has 0 saturated heterocycles. The van der Waals surface area contributed by atoms with Crippen LogP contribution in [0.4, 0.5) is 5.69 Å². The molecule has 0 amide bonds. The number of aliphatic hydroxyl groups excluding tert-OH is 1. The van der Waals surface area contributed by atoms with Crippen LogP contribution in [0.15, 0.2) is 30.3 Å². The van der Waals surface area contributed by atoms with Crippen LogP contribution in [0.3, 0.4) is 0 Å². The van der Waals surface area contributed by atoms with Gasteiger partial charge in [-0.2, -0.15) is 0 Å². The average Bonchev–Trinajstić information content (AvgIpc) is 2.44. The van der Waals surface area contributed by atoms with Crippen LogP contribution in [-0.2, 0) is 9.84 Å². The minimum Gasteiger partial charge on any atom is -0.394 e. The van der Waals surface area contributed by atoms with E-state index in [1.165, 1.54) is 0 Å². The van der Waals surface area contributed by atoms with E-state index >= 15 is 0 Å². The highest BCUT2D eigenvalue weighted by atomic mass is 32.2. The fourth-order valence-electron chi connectivity index (χ4n) is 2.05. The first-order valence-electron chi connectivity index (χ1n) is 7.06. The monoisotopic (exact) mass is 299 g/mol. The molecule has 0 heterocycles. The van der Waals surface area contributed by atoms with Crippen LogP contribution in [0.2, 0.25) is 0 Å². The van der Waals surface area contributed by atoms with Gasteiger partial charge in [-0.05, 0) is 32.4 Å². The fraction of sp³-hybridized carbons (Fsp3) is 0.600. The molecule has 1 unspecified atom stereocenters. The van der Waals surface area contributed by atoms with Crippen molar-refractivity contribution in [1.29, 1.82) is 0 Å². The highest BCUT2D eigenvalue weighted by molar-refractivity contribution is 7.92. The normalized spacial score (nSPS) is 13.4. The van der Waals surface area contributed by atoms with Crippen molar-refractivity contribution in [2.75, 3.05) is 23.8 Å². The van der Waals surface area contributed by atoms with Crippen LogP contribution >= 0.6 is 0 Å². The Morgan fingerprint density at radius 1 is 1.20 bits per heavy atom. The van der Waals surface area contributed by atoms with Gasteiger partial charge in [0.15, 0.2) is 9.84 Å². The summed E-state index contributed by atoms with van der Waals surface area (Å²) in [7, 11) is -3.07. The molecule has 114 valence electrons. The Morgan fingerprint density at radius 3 is 2.25 bits per heavy atom. The SMILES string of the molecule is CCC(CO)N(CCS(=O)(=O)C(C)C)c1ccccc1. The lowest BCUT2D eigenvalue weighted by Crippen LogP contribution is -2.41. The second kappa shape index (κ2) is 7.64. The van der Waals surface area contributed by atoms with E-state index in [2.05, 4.69) is 0 Å². The van der Waals surface area contributed by atoms with Crippen LogP contribution in [0.5, 0.6) is 0 Å². The Balaban J connectivity index is 2.90. The van der Waals surface area contributed by atoms with E-state index in [0.29, 0.717) is 6.54 Å². The Bertz CT molecular complexity index is 481. The van der Waals surface area contributed by atoms with E-state index in [9.17, 15) is 13.5 Å². The van der Waals surface area contributed by atoms with Crippen molar-refractivity contribution in [1.82, 2.24) is 0 Å². The van der Waals surface area contributed by atoms with E-state index in [0.717, 1.165) is 12.1 Å². The van der Waals surface area contributed by atoms with E-state index in [-0.39, 0.29) is 23.7 Å². The van der Waals surface area contributed by atoms with Gasteiger partial charge >= 0.3 is 0 Å². The molecule has 0 saturated carbocycles. The summed E-state index contributed by atoms with van der Waals surface area (Å²) >= 11 is 0. The molecule has 0 bridgehead atoms. The number of aliphatic hydroxyl groups is 1. The van der Waals surface area contributed by atoms with Gasteiger partial charge in [-0.3, -0.25) is 0 Å². The van der Waals surface area contributed by atoms with Crippen molar-refractivity contribution < 1.29 is 13.5 Å². The average molecular weight is 299 g/mol. The fourth-order valence-corrected chi connectivity index (χ4v) is 2.97. The quantitative estimate of drug-likeness (QED) is 0.798. The zero-order valence-electron chi connectivity index (χ0n) is 12.5. The summed E-state index contributed by atoms with van der Waals surface area (Å²) in [4.78, 5) is 1.99. The third kappa shape index (κ3) is 4.49. The summed E-state index contributed by atoms with van der Waals surface area (Å²) in [6, 6.07) is 9.60. The molecule has 1 rings (SSSR count). The number of anilines is 1. The minimum absolute atomic E-state index is 0.0210. The van der Waals surface area contributed by atoms with Crippen molar-refractivity contribution in [3.05, 3.63) is 30.3 Å². The number of sulfone groups is 1. The van der Waals surface area contributed by atoms with E-state index in [1.807, 2.05) is 42.2 Å². The van der Waals surface area contributed by atoms with Crippen LogP contribution < -0.4 is 4.90 Å². The summed E-state index contributed by atoms with van der Waals surface area (Å²) in [6.07, 6.45) is 0.771. The molecule has 1 N–H and O–H groups in total. The van der Waals surface area contributed by atoms with Crippen molar-refractivity contribution in [3.8, 4) is 0 Å². The third-order valence-corrected chi connectivity index (χ3v) is 5.73. The number of nitrogens with zero attached hydrogens (tertiary/aromatic N) is 1. The molecule has 0 spiro atoms. The molecule has 0 fully saturated rings. The van der Waals surface area contributed by atoms with Crippen molar-refractivity contribution >= 4 is 15.5 Å². The minimum atomic E-state index is -3.07. The van der Waals surface area contributed by atoms with Crippen LogP contribution in [0, 0.1) is 0 Å². The van der Waals surface area contributed by atoms with Crippen LogP contribution in [0.1, 0.15) is 27.2 Å². The van der Waals surface area contributed by atoms with Crippen molar-refractivity contribution in [2.24, 2.45) is 0 Å². The second-order valence-electron chi connectivity index (χ2n) is 5.19. The molecule has 1 atom stereocenters. The predicted molar refractivity (Wildman–Crippen MR) is 83.9 cm³/mol. The molecule has 0 aromatic heterocycles. The molecule has 0 aliphatic heterocycles. The summed E-state index contributed by atoms with van der Waals surface area (Å²) in [5.41, 5.74) is 0.951. The highest BCUT2D eigenvalue weighted by Crippen LogP contribution is 2.18. The molecule has 1 aromatic carbocycles. The van der Waals surface area contributed by atoms with Gasteiger partial charge in [0.2, 0.25) is 0 Å². The standard InChI is InChI=1S/C15H25NO3S/c1-4-14(12-17)16(15-8-6-5-7-9-15)10-11-20(18,19)13(2)3/h5-9,13-14,17H,4,10-12H2,1-3H3. The van der Waals surface area contributed by atoms with Gasteiger partial charge in [-0.1, -0.05) is 25.1 Å². The maximum absolute atomic E-state index is 12.0. The number of rotatable bonds is 8. The van der Waals surface area contributed by atoms with Gasteiger partial charge < -0.3 is 10.0 Å². The smallest absolute Gasteiger partial charge is 0.154 e. The van der Waals surface area contributed by atoms with Gasteiger partial charge in [0.1, 0.15) is 0 Å². The van der Waals surface area contributed by atoms with Crippen molar-refractivity contribution in [2.45, 2.75) is 38.5 Å². The number of para-hydroxylation sites is 1. The predicted octanol–water partition coefficient (Wildman–Crippen LogP) is 2.09. The zero-order valence-corrected chi connectivity index (χ0v) is 13.3. The molecule has 20 heavy (non-hydrogen) atoms. The molecule has 0 radical (unpaired) electrons. The summed E-state index contributed by atoms with van der Waals surface area (Å²) < 4.78 is 24.0. The molecular formula is C15H25NO3S. The summed E-state index contributed by atoms with van der Waals surface area (Å²) in [5.74, 6) is 0.107. The first kappa shape index (κ1) is 17.0. The topological polar surface area (TPSA) is 57.6 Å². The van der Waals surface area contributed by atoms with Gasteiger partial charge in [0.05, 0.1) is 23.7 Å². The van der Waals surface area contributed by atoms with Gasteiger partial charge in [0.25, 0.3) is 0 Å². The first-order chi connectivity index (χ1) is 9.42. The molecule has 0 aliphatic carbocycles. The Kier molecular flexibility index (Phi) is 6.49. The van der Waals surface area contributed by atoms with Gasteiger partial charge in [-0.25, -0.2) is 8.42 Å². The molecule has 1 aromatic rings. The number of hydrogen-bond donors (Lipinski definition) is 1. The molecule has 0 aliphatic rings. The Morgan fingerprint density at radius 2 is 1.80 bits per heavy atom. The lowest BCUT2D eigenvalue weighted by Gasteiger charge is -2.32. The molecule has 5 heteroatoms. The summed E-state index contributed by atoms with van der Waals surface area (Å²) in [6.45, 7) is 5.82. The number of benzene rings is 1. The zero-order chi connectivity index (χ0) is 15.2. The van der Waals surface area contributed by atoms with Crippen LogP contribution in [-0.4, -0.2) is 43.7 Å². The maximum Gasteiger partial charge on any atom is 0.154 e. The lowest BCUT2D eigenvalue weighted by atomic mass is 10.1. The highest BCUT2D eigenvalue weighted by Gasteiger charge is 2.21. The van der Waals surface area contributed by atoms with Gasteiger partial charge in [-0.15, -0.1) is 0 Å². The Labute approximate surface area is 122 Å². The van der Waals surface area contributed by atoms with Crippen LogP contribution in [0.25, 0.3) is 0 Å². The Hall–Kier alpha value is -1.07. The maximum atomic E-state index is 12.0. The van der Waals surface area contributed by atoms with E-state index in [4.69, 9.17) is 0 Å². The molecule has 4 nitrogen and oxygen atoms in total. The summed E-state index contributed by atoms with van der Waals surface area (Å²) in [5, 5.41) is 9.14. The van der Waals surface area contributed by atoms with E-state index < -0.39 is 9.84 Å². The third-order valence-electron chi connectivity index (χ3n) is 3.55. The largest absolute Gasteiger partial charge is 0.394 e.